The van der Waals surface area contributed by atoms with Crippen molar-refractivity contribution in [1.29, 1.82) is 0 Å². The summed E-state index contributed by atoms with van der Waals surface area (Å²) in [4.78, 5) is 0. The van der Waals surface area contributed by atoms with Crippen molar-refractivity contribution in [2.45, 2.75) is 32.4 Å². The highest BCUT2D eigenvalue weighted by Crippen LogP contribution is 2.03. The van der Waals surface area contributed by atoms with Crippen molar-refractivity contribution in [2.75, 3.05) is 6.67 Å². The van der Waals surface area contributed by atoms with E-state index >= 15 is 0 Å². The van der Waals surface area contributed by atoms with Gasteiger partial charge in [0.25, 0.3) is 0 Å². The predicted molar refractivity (Wildman–Crippen MR) is 30.4 cm³/mol. The van der Waals surface area contributed by atoms with Gasteiger partial charge in [-0.3, -0.25) is 0 Å². The molecule has 2 heteroatoms. The molecule has 0 aliphatic carbocycles. The van der Waals surface area contributed by atoms with Crippen LogP contribution in [0.15, 0.2) is 0 Å². The number of rotatable bonds is 4. The smallest absolute Gasteiger partial charge is 0.128 e. The molecule has 0 aliphatic heterocycles. The van der Waals surface area contributed by atoms with Gasteiger partial charge in [-0.05, 0) is 6.42 Å². The Bertz CT molecular complexity index is 45.8. The van der Waals surface area contributed by atoms with Crippen LogP contribution in [-0.4, -0.2) is 12.8 Å². The maximum absolute atomic E-state index is 11.9. The number of unbranched alkanes of at least 4 members (excludes halogenated alkanes) is 1. The van der Waals surface area contributed by atoms with Gasteiger partial charge in [0, 0.05) is 0 Å². The molecule has 0 spiro atoms. The van der Waals surface area contributed by atoms with Gasteiger partial charge in [0.05, 0.1) is 0 Å². The highest BCUT2D eigenvalue weighted by atomic mass is 19.2. The molecule has 0 radical (unpaired) electrons. The van der Waals surface area contributed by atoms with Gasteiger partial charge in [0.1, 0.15) is 12.8 Å². The SMILES string of the molecule is CCCCC(F)CF. The molecule has 1 unspecified atom stereocenters. The summed E-state index contributed by atoms with van der Waals surface area (Å²) in [6, 6.07) is 0. The molecule has 0 saturated carbocycles. The van der Waals surface area contributed by atoms with Crippen LogP contribution in [0.3, 0.4) is 0 Å². The standard InChI is InChI=1S/C6H12F2/c1-2-3-4-6(8)5-7/h6H,2-5H2,1H3. The van der Waals surface area contributed by atoms with E-state index in [1.165, 1.54) is 0 Å². The van der Waals surface area contributed by atoms with Crippen LogP contribution < -0.4 is 0 Å². The van der Waals surface area contributed by atoms with Crippen molar-refractivity contribution in [3.05, 3.63) is 0 Å². The summed E-state index contributed by atoms with van der Waals surface area (Å²) in [5, 5.41) is 0. The van der Waals surface area contributed by atoms with Crippen LogP contribution >= 0.6 is 0 Å². The van der Waals surface area contributed by atoms with E-state index in [4.69, 9.17) is 0 Å². The lowest BCUT2D eigenvalue weighted by molar-refractivity contribution is 0.243. The van der Waals surface area contributed by atoms with E-state index in [-0.39, 0.29) is 0 Å². The molecule has 50 valence electrons. The van der Waals surface area contributed by atoms with Crippen molar-refractivity contribution >= 4 is 0 Å². The Kier molecular flexibility index (Phi) is 4.92. The zero-order valence-corrected chi connectivity index (χ0v) is 5.16. The second kappa shape index (κ2) is 5.01. The maximum atomic E-state index is 11.9. The minimum absolute atomic E-state index is 0.382. The lowest BCUT2D eigenvalue weighted by Crippen LogP contribution is -2.00. The fourth-order valence-electron chi connectivity index (χ4n) is 0.503. The van der Waals surface area contributed by atoms with Gasteiger partial charge in [0.15, 0.2) is 0 Å². The molecule has 0 aromatic heterocycles. The van der Waals surface area contributed by atoms with E-state index in [2.05, 4.69) is 0 Å². The second-order valence-electron chi connectivity index (χ2n) is 1.89. The minimum Gasteiger partial charge on any atom is -0.248 e. The van der Waals surface area contributed by atoms with Crippen LogP contribution in [0.1, 0.15) is 26.2 Å². The van der Waals surface area contributed by atoms with Crippen LogP contribution in [0.2, 0.25) is 0 Å². The zero-order chi connectivity index (χ0) is 6.41. The molecule has 0 aromatic carbocycles. The molecule has 0 nitrogen and oxygen atoms in total. The number of hydrogen-bond acceptors (Lipinski definition) is 0. The van der Waals surface area contributed by atoms with E-state index in [1.54, 1.807) is 0 Å². The summed E-state index contributed by atoms with van der Waals surface area (Å²) < 4.78 is 23.3. The summed E-state index contributed by atoms with van der Waals surface area (Å²) in [6.45, 7) is 1.14. The number of hydrogen-bond donors (Lipinski definition) is 0. The molecule has 0 bridgehead atoms. The molecule has 0 N–H and O–H groups in total. The summed E-state index contributed by atoms with van der Waals surface area (Å²) in [7, 11) is 0. The molecular weight excluding hydrogens is 110 g/mol. The van der Waals surface area contributed by atoms with Crippen LogP contribution in [0.25, 0.3) is 0 Å². The first kappa shape index (κ1) is 7.86. The highest BCUT2D eigenvalue weighted by molar-refractivity contribution is 4.51. The van der Waals surface area contributed by atoms with E-state index in [9.17, 15) is 8.78 Å². The topological polar surface area (TPSA) is 0 Å². The first-order chi connectivity index (χ1) is 3.81. The van der Waals surface area contributed by atoms with Gasteiger partial charge in [-0.2, -0.15) is 0 Å². The molecule has 0 amide bonds. The minimum atomic E-state index is -1.21. The van der Waals surface area contributed by atoms with Crippen LogP contribution in [0.5, 0.6) is 0 Å². The molecule has 0 heterocycles. The van der Waals surface area contributed by atoms with E-state index in [1.807, 2.05) is 6.92 Å². The number of alkyl halides is 2. The zero-order valence-electron chi connectivity index (χ0n) is 5.16. The Morgan fingerprint density at radius 1 is 1.50 bits per heavy atom. The van der Waals surface area contributed by atoms with Crippen LogP contribution in [0, 0.1) is 0 Å². The molecule has 0 rings (SSSR count). The van der Waals surface area contributed by atoms with Gasteiger partial charge < -0.3 is 0 Å². The van der Waals surface area contributed by atoms with Crippen LogP contribution in [0.4, 0.5) is 8.78 Å². The molecule has 8 heavy (non-hydrogen) atoms. The van der Waals surface area contributed by atoms with Crippen molar-refractivity contribution in [1.82, 2.24) is 0 Å². The average Bonchev–Trinajstić information content (AvgIpc) is 1.83. The van der Waals surface area contributed by atoms with Crippen molar-refractivity contribution in [3.8, 4) is 0 Å². The number of halogens is 2. The molecule has 0 saturated heterocycles. The molecule has 1 atom stereocenters. The molecule has 0 aromatic rings. The fraction of sp³-hybridized carbons (Fsp3) is 1.00. The monoisotopic (exact) mass is 122 g/mol. The lowest BCUT2D eigenvalue weighted by Gasteiger charge is -1.98. The Labute approximate surface area is 48.9 Å². The van der Waals surface area contributed by atoms with Crippen molar-refractivity contribution < 1.29 is 8.78 Å². The third-order valence-electron chi connectivity index (χ3n) is 1.04. The summed E-state index contributed by atoms with van der Waals surface area (Å²) in [5.74, 6) is 0. The third-order valence-corrected chi connectivity index (χ3v) is 1.04. The van der Waals surface area contributed by atoms with Gasteiger partial charge in [-0.15, -0.1) is 0 Å². The highest BCUT2D eigenvalue weighted by Gasteiger charge is 2.02. The van der Waals surface area contributed by atoms with Crippen molar-refractivity contribution in [2.24, 2.45) is 0 Å². The lowest BCUT2D eigenvalue weighted by atomic mass is 10.2. The largest absolute Gasteiger partial charge is 0.248 e. The van der Waals surface area contributed by atoms with E-state index in [0.29, 0.717) is 6.42 Å². The van der Waals surface area contributed by atoms with E-state index in [0.717, 1.165) is 12.8 Å². The molecular formula is C6H12F2. The Balaban J connectivity index is 2.86. The Morgan fingerprint density at radius 2 is 2.12 bits per heavy atom. The molecule has 0 aliphatic rings. The first-order valence-corrected chi connectivity index (χ1v) is 3.01. The average molecular weight is 122 g/mol. The maximum Gasteiger partial charge on any atom is 0.128 e. The predicted octanol–water partition coefficient (Wildman–Crippen LogP) is 2.48. The fourth-order valence-corrected chi connectivity index (χ4v) is 0.503. The van der Waals surface area contributed by atoms with Gasteiger partial charge in [0.2, 0.25) is 0 Å². The van der Waals surface area contributed by atoms with Gasteiger partial charge in [-0.1, -0.05) is 19.8 Å². The van der Waals surface area contributed by atoms with Crippen molar-refractivity contribution in [3.63, 3.8) is 0 Å². The van der Waals surface area contributed by atoms with Gasteiger partial charge >= 0.3 is 0 Å². The van der Waals surface area contributed by atoms with Crippen LogP contribution in [-0.2, 0) is 0 Å². The quantitative estimate of drug-likeness (QED) is 0.537. The van der Waals surface area contributed by atoms with Gasteiger partial charge in [-0.25, -0.2) is 8.78 Å². The normalized spacial score (nSPS) is 13.9. The Hall–Kier alpha value is -0.140. The summed E-state index contributed by atoms with van der Waals surface area (Å²) in [5.41, 5.74) is 0. The summed E-state index contributed by atoms with van der Waals surface area (Å²) >= 11 is 0. The second-order valence-corrected chi connectivity index (χ2v) is 1.89. The Morgan fingerprint density at radius 3 is 2.50 bits per heavy atom. The van der Waals surface area contributed by atoms with E-state index < -0.39 is 12.8 Å². The third kappa shape index (κ3) is 4.03. The molecule has 0 fully saturated rings. The summed E-state index contributed by atoms with van der Waals surface area (Å²) in [6.07, 6.45) is 0.911. The first-order valence-electron chi connectivity index (χ1n) is 3.01.